The predicted molar refractivity (Wildman–Crippen MR) is 84.8 cm³/mol. The van der Waals surface area contributed by atoms with Gasteiger partial charge in [-0.3, -0.25) is 14.9 Å². The van der Waals surface area contributed by atoms with E-state index in [1.165, 1.54) is 17.0 Å². The lowest BCUT2D eigenvalue weighted by atomic mass is 10.0. The quantitative estimate of drug-likeness (QED) is 0.641. The van der Waals surface area contributed by atoms with Gasteiger partial charge in [0.2, 0.25) is 0 Å². The molecule has 5 heteroatoms. The van der Waals surface area contributed by atoms with Crippen molar-refractivity contribution in [2.24, 2.45) is 0 Å². The molecule has 0 saturated heterocycles. The molecule has 0 aliphatic carbocycles. The second-order valence-corrected chi connectivity index (χ2v) is 5.37. The summed E-state index contributed by atoms with van der Waals surface area (Å²) >= 11 is 0. The molecule has 5 nitrogen and oxygen atoms in total. The molecule has 1 amide bonds. The summed E-state index contributed by atoms with van der Waals surface area (Å²) < 4.78 is 0. The number of benzene rings is 2. The summed E-state index contributed by atoms with van der Waals surface area (Å²) in [5.74, 6) is -0.354. The SMILES string of the molecule is Cc1ccc(CN(C)C(=O)c2ccccc2[N+](=O)[O-])c(C)c1. The van der Waals surface area contributed by atoms with E-state index in [9.17, 15) is 14.9 Å². The molecule has 0 N–H and O–H groups in total. The first-order valence-corrected chi connectivity index (χ1v) is 6.95. The number of hydrogen-bond acceptors (Lipinski definition) is 3. The number of para-hydroxylation sites is 1. The first kappa shape index (κ1) is 15.7. The summed E-state index contributed by atoms with van der Waals surface area (Å²) in [5, 5.41) is 11.0. The van der Waals surface area contributed by atoms with Gasteiger partial charge < -0.3 is 4.90 Å². The van der Waals surface area contributed by atoms with E-state index in [0.717, 1.165) is 16.7 Å². The fourth-order valence-corrected chi connectivity index (χ4v) is 2.37. The molecular weight excluding hydrogens is 280 g/mol. The third-order valence-corrected chi connectivity index (χ3v) is 3.58. The Morgan fingerprint density at radius 2 is 1.86 bits per heavy atom. The van der Waals surface area contributed by atoms with E-state index in [0.29, 0.717) is 6.54 Å². The van der Waals surface area contributed by atoms with Crippen molar-refractivity contribution in [2.45, 2.75) is 20.4 Å². The Hall–Kier alpha value is -2.69. The van der Waals surface area contributed by atoms with Gasteiger partial charge in [-0.2, -0.15) is 0 Å². The van der Waals surface area contributed by atoms with Gasteiger partial charge in [0.05, 0.1) is 4.92 Å². The van der Waals surface area contributed by atoms with Gasteiger partial charge in [-0.15, -0.1) is 0 Å². The van der Waals surface area contributed by atoms with Gasteiger partial charge in [0, 0.05) is 19.7 Å². The number of carbonyl (C=O) groups is 1. The summed E-state index contributed by atoms with van der Waals surface area (Å²) in [4.78, 5) is 24.5. The van der Waals surface area contributed by atoms with Crippen molar-refractivity contribution in [1.29, 1.82) is 0 Å². The third-order valence-electron chi connectivity index (χ3n) is 3.58. The topological polar surface area (TPSA) is 63.5 Å². The van der Waals surface area contributed by atoms with Crippen LogP contribution in [0, 0.1) is 24.0 Å². The van der Waals surface area contributed by atoms with E-state index in [1.54, 1.807) is 19.2 Å². The van der Waals surface area contributed by atoms with Crippen LogP contribution in [0.3, 0.4) is 0 Å². The highest BCUT2D eigenvalue weighted by Crippen LogP contribution is 2.20. The number of aryl methyl sites for hydroxylation is 2. The summed E-state index contributed by atoms with van der Waals surface area (Å²) in [6, 6.07) is 12.0. The van der Waals surface area contributed by atoms with Crippen LogP contribution in [0.15, 0.2) is 42.5 Å². The van der Waals surface area contributed by atoms with Crippen LogP contribution in [-0.4, -0.2) is 22.8 Å². The van der Waals surface area contributed by atoms with Crippen molar-refractivity contribution >= 4 is 11.6 Å². The number of rotatable bonds is 4. The van der Waals surface area contributed by atoms with Crippen LogP contribution in [-0.2, 0) is 6.54 Å². The molecule has 0 radical (unpaired) electrons. The molecule has 0 atom stereocenters. The van der Waals surface area contributed by atoms with Crippen LogP contribution >= 0.6 is 0 Å². The van der Waals surface area contributed by atoms with E-state index in [4.69, 9.17) is 0 Å². The fourth-order valence-electron chi connectivity index (χ4n) is 2.37. The summed E-state index contributed by atoms with van der Waals surface area (Å²) in [5.41, 5.74) is 3.23. The van der Waals surface area contributed by atoms with Crippen molar-refractivity contribution in [3.05, 3.63) is 74.8 Å². The molecule has 0 fully saturated rings. The lowest BCUT2D eigenvalue weighted by Crippen LogP contribution is -2.27. The Bertz CT molecular complexity index is 726. The lowest BCUT2D eigenvalue weighted by Gasteiger charge is -2.19. The maximum absolute atomic E-state index is 12.5. The number of amides is 1. The second kappa shape index (κ2) is 6.39. The third kappa shape index (κ3) is 3.31. The van der Waals surface area contributed by atoms with E-state index < -0.39 is 4.92 Å². The molecule has 2 rings (SSSR count). The number of nitro benzene ring substituents is 1. The minimum atomic E-state index is -0.530. The van der Waals surface area contributed by atoms with E-state index >= 15 is 0 Å². The zero-order chi connectivity index (χ0) is 16.3. The molecular formula is C17H18N2O3. The number of nitrogens with zero attached hydrogens (tertiary/aromatic N) is 2. The highest BCUT2D eigenvalue weighted by Gasteiger charge is 2.22. The molecule has 0 bridgehead atoms. The van der Waals surface area contributed by atoms with Crippen molar-refractivity contribution in [3.63, 3.8) is 0 Å². The van der Waals surface area contributed by atoms with Crippen molar-refractivity contribution in [1.82, 2.24) is 4.90 Å². The highest BCUT2D eigenvalue weighted by molar-refractivity contribution is 5.97. The summed E-state index contributed by atoms with van der Waals surface area (Å²) in [6.07, 6.45) is 0. The van der Waals surface area contributed by atoms with Crippen LogP contribution in [0.4, 0.5) is 5.69 Å². The van der Waals surface area contributed by atoms with Crippen molar-refractivity contribution < 1.29 is 9.72 Å². The second-order valence-electron chi connectivity index (χ2n) is 5.37. The van der Waals surface area contributed by atoms with E-state index in [1.807, 2.05) is 26.0 Å². The minimum Gasteiger partial charge on any atom is -0.337 e. The zero-order valence-electron chi connectivity index (χ0n) is 12.9. The van der Waals surface area contributed by atoms with Crippen molar-refractivity contribution in [2.75, 3.05) is 7.05 Å². The van der Waals surface area contributed by atoms with Crippen LogP contribution in [0.2, 0.25) is 0 Å². The monoisotopic (exact) mass is 298 g/mol. The Morgan fingerprint density at radius 3 is 2.50 bits per heavy atom. The number of hydrogen-bond donors (Lipinski definition) is 0. The Balaban J connectivity index is 2.24. The maximum atomic E-state index is 12.5. The molecule has 0 heterocycles. The minimum absolute atomic E-state index is 0.111. The predicted octanol–water partition coefficient (Wildman–Crippen LogP) is 3.48. The molecule has 2 aromatic carbocycles. The molecule has 0 aromatic heterocycles. The molecule has 0 saturated carbocycles. The average Bonchev–Trinajstić information content (AvgIpc) is 2.49. The maximum Gasteiger partial charge on any atom is 0.282 e. The molecule has 114 valence electrons. The average molecular weight is 298 g/mol. The molecule has 0 spiro atoms. The van der Waals surface area contributed by atoms with Gasteiger partial charge in [0.15, 0.2) is 0 Å². The first-order valence-electron chi connectivity index (χ1n) is 6.95. The molecule has 2 aromatic rings. The van der Waals surface area contributed by atoms with Gasteiger partial charge in [-0.1, -0.05) is 35.9 Å². The van der Waals surface area contributed by atoms with Crippen LogP contribution in [0.1, 0.15) is 27.0 Å². The fraction of sp³-hybridized carbons (Fsp3) is 0.235. The van der Waals surface area contributed by atoms with Crippen LogP contribution in [0.25, 0.3) is 0 Å². The number of carbonyl (C=O) groups excluding carboxylic acids is 1. The lowest BCUT2D eigenvalue weighted by molar-refractivity contribution is -0.385. The van der Waals surface area contributed by atoms with Gasteiger partial charge >= 0.3 is 0 Å². The van der Waals surface area contributed by atoms with Gasteiger partial charge in [-0.25, -0.2) is 0 Å². The molecule has 0 aliphatic rings. The normalized spacial score (nSPS) is 10.3. The van der Waals surface area contributed by atoms with E-state index in [-0.39, 0.29) is 17.2 Å². The summed E-state index contributed by atoms with van der Waals surface area (Å²) in [6.45, 7) is 4.42. The van der Waals surface area contributed by atoms with Gasteiger partial charge in [0.1, 0.15) is 5.56 Å². The zero-order valence-corrected chi connectivity index (χ0v) is 12.9. The van der Waals surface area contributed by atoms with Gasteiger partial charge in [-0.05, 0) is 31.0 Å². The molecule has 22 heavy (non-hydrogen) atoms. The molecule has 0 unspecified atom stereocenters. The Morgan fingerprint density at radius 1 is 1.18 bits per heavy atom. The van der Waals surface area contributed by atoms with Crippen LogP contribution < -0.4 is 0 Å². The largest absolute Gasteiger partial charge is 0.337 e. The standard InChI is InChI=1S/C17H18N2O3/c1-12-8-9-14(13(2)10-12)11-18(3)17(20)15-6-4-5-7-16(15)19(21)22/h4-10H,11H2,1-3H3. The van der Waals surface area contributed by atoms with E-state index in [2.05, 4.69) is 6.07 Å². The van der Waals surface area contributed by atoms with Crippen molar-refractivity contribution in [3.8, 4) is 0 Å². The Labute approximate surface area is 129 Å². The highest BCUT2D eigenvalue weighted by atomic mass is 16.6. The summed E-state index contributed by atoms with van der Waals surface area (Å²) in [7, 11) is 1.65. The van der Waals surface area contributed by atoms with Gasteiger partial charge in [0.25, 0.3) is 11.6 Å². The smallest absolute Gasteiger partial charge is 0.282 e. The Kier molecular flexibility index (Phi) is 4.56. The number of nitro groups is 1. The first-order chi connectivity index (χ1) is 10.4. The molecule has 0 aliphatic heterocycles. The van der Waals surface area contributed by atoms with Crippen LogP contribution in [0.5, 0.6) is 0 Å².